The molecule has 1 saturated heterocycles. The van der Waals surface area contributed by atoms with E-state index in [1.807, 2.05) is 60.0 Å². The van der Waals surface area contributed by atoms with Gasteiger partial charge in [-0.1, -0.05) is 30.3 Å². The van der Waals surface area contributed by atoms with Gasteiger partial charge in [-0.25, -0.2) is 9.29 Å². The number of carboxylic acids is 1. The number of carboxylic acid groups (broad SMARTS) is 1. The minimum Gasteiger partial charge on any atom is -0.480 e. The van der Waals surface area contributed by atoms with Crippen LogP contribution in [0, 0.1) is 0 Å². The minimum atomic E-state index is -0.989. The van der Waals surface area contributed by atoms with Crippen molar-refractivity contribution in [3.8, 4) is 5.75 Å². The third-order valence-corrected chi connectivity index (χ3v) is 6.59. The van der Waals surface area contributed by atoms with E-state index in [-0.39, 0.29) is 0 Å². The first-order chi connectivity index (χ1) is 14.0. The number of aromatic nitrogens is 1. The van der Waals surface area contributed by atoms with Crippen LogP contribution in [0.4, 0.5) is 0 Å². The first-order valence-electron chi connectivity index (χ1n) is 9.18. The van der Waals surface area contributed by atoms with Gasteiger partial charge >= 0.3 is 5.97 Å². The summed E-state index contributed by atoms with van der Waals surface area (Å²) in [5.74, 6) is -0.158. The molecule has 0 bridgehead atoms. The van der Waals surface area contributed by atoms with Crippen LogP contribution in [0.15, 0.2) is 71.1 Å². The van der Waals surface area contributed by atoms with E-state index in [0.717, 1.165) is 21.2 Å². The number of hydrogen-bond donors (Lipinski definition) is 2. The van der Waals surface area contributed by atoms with Crippen LogP contribution in [0.2, 0.25) is 0 Å². The van der Waals surface area contributed by atoms with Gasteiger partial charge in [0.05, 0.1) is 13.1 Å². The second kappa shape index (κ2) is 8.54. The van der Waals surface area contributed by atoms with Crippen molar-refractivity contribution >= 4 is 29.3 Å². The van der Waals surface area contributed by atoms with Gasteiger partial charge in [0, 0.05) is 16.5 Å². The Kier molecular flexibility index (Phi) is 5.86. The molecule has 4 rings (SSSR count). The third kappa shape index (κ3) is 4.62. The molecule has 0 spiro atoms. The lowest BCUT2D eigenvalue weighted by molar-refractivity contribution is -0.138. The third-order valence-electron chi connectivity index (χ3n) is 4.65. The standard InChI is InChI=1S/C21H21N3O3S2/c22-18(19(25)26)12-15-5-4-8-17(11-15)29-24-13-21(14-24,20-23-9-10-28-20)27-16-6-2-1-3-7-16/h1-11,18H,12-14,22H2,(H,25,26). The summed E-state index contributed by atoms with van der Waals surface area (Å²) in [4.78, 5) is 16.5. The van der Waals surface area contributed by atoms with Crippen LogP contribution in [0.5, 0.6) is 5.75 Å². The fraction of sp³-hybridized carbons (Fsp3) is 0.238. The molecule has 3 N–H and O–H groups in total. The molecule has 150 valence electrons. The first kappa shape index (κ1) is 19.9. The summed E-state index contributed by atoms with van der Waals surface area (Å²) in [5.41, 5.74) is 6.12. The van der Waals surface area contributed by atoms with Gasteiger partial charge in [0.15, 0.2) is 5.60 Å². The highest BCUT2D eigenvalue weighted by Crippen LogP contribution is 2.42. The van der Waals surface area contributed by atoms with Crippen LogP contribution in [0.1, 0.15) is 10.6 Å². The molecule has 2 heterocycles. The molecule has 29 heavy (non-hydrogen) atoms. The van der Waals surface area contributed by atoms with Gasteiger partial charge in [0.1, 0.15) is 16.8 Å². The minimum absolute atomic E-state index is 0.309. The monoisotopic (exact) mass is 427 g/mol. The number of benzene rings is 2. The molecule has 6 nitrogen and oxygen atoms in total. The average molecular weight is 428 g/mol. The number of hydrogen-bond acceptors (Lipinski definition) is 7. The summed E-state index contributed by atoms with van der Waals surface area (Å²) < 4.78 is 8.59. The van der Waals surface area contributed by atoms with Gasteiger partial charge in [0.2, 0.25) is 0 Å². The first-order valence-corrected chi connectivity index (χ1v) is 10.8. The van der Waals surface area contributed by atoms with Crippen molar-refractivity contribution in [1.29, 1.82) is 0 Å². The summed E-state index contributed by atoms with van der Waals surface area (Å²) in [7, 11) is 0. The van der Waals surface area contributed by atoms with Crippen molar-refractivity contribution in [2.24, 2.45) is 5.73 Å². The Hall–Kier alpha value is -2.39. The number of ether oxygens (including phenoxy) is 1. The Morgan fingerprint density at radius 2 is 2.07 bits per heavy atom. The molecule has 0 radical (unpaired) electrons. The van der Waals surface area contributed by atoms with E-state index >= 15 is 0 Å². The number of nitrogens with zero attached hydrogens (tertiary/aromatic N) is 2. The number of para-hydroxylation sites is 1. The van der Waals surface area contributed by atoms with Crippen molar-refractivity contribution in [2.75, 3.05) is 13.1 Å². The topological polar surface area (TPSA) is 88.7 Å². The molecule has 1 aliphatic heterocycles. The van der Waals surface area contributed by atoms with Gasteiger partial charge in [-0.3, -0.25) is 4.79 Å². The Labute approximate surface area is 177 Å². The van der Waals surface area contributed by atoms with E-state index < -0.39 is 17.6 Å². The van der Waals surface area contributed by atoms with Crippen LogP contribution < -0.4 is 10.5 Å². The van der Waals surface area contributed by atoms with E-state index in [2.05, 4.69) is 9.29 Å². The average Bonchev–Trinajstić information content (AvgIpc) is 3.22. The quantitative estimate of drug-likeness (QED) is 0.533. The number of rotatable bonds is 8. The summed E-state index contributed by atoms with van der Waals surface area (Å²) in [6, 6.07) is 16.8. The SMILES string of the molecule is NC(Cc1cccc(SN2CC(Oc3ccccc3)(c3nccs3)C2)c1)C(=O)O. The number of nitrogens with two attached hydrogens (primary N) is 1. The molecule has 2 aromatic carbocycles. The Balaban J connectivity index is 1.44. The lowest BCUT2D eigenvalue weighted by atomic mass is 9.97. The van der Waals surface area contributed by atoms with Crippen LogP contribution in [-0.4, -0.2) is 39.5 Å². The van der Waals surface area contributed by atoms with Crippen LogP contribution >= 0.6 is 23.3 Å². The van der Waals surface area contributed by atoms with E-state index in [1.165, 1.54) is 0 Å². The van der Waals surface area contributed by atoms with Crippen LogP contribution in [0.25, 0.3) is 0 Å². The van der Waals surface area contributed by atoms with E-state index in [9.17, 15) is 4.79 Å². The predicted molar refractivity (Wildman–Crippen MR) is 114 cm³/mol. The predicted octanol–water partition coefficient (Wildman–Crippen LogP) is 3.39. The van der Waals surface area contributed by atoms with Gasteiger partial charge < -0.3 is 15.6 Å². The Bertz CT molecular complexity index is 960. The zero-order valence-electron chi connectivity index (χ0n) is 15.6. The highest BCUT2D eigenvalue weighted by molar-refractivity contribution is 7.97. The molecule has 0 aliphatic carbocycles. The van der Waals surface area contributed by atoms with Gasteiger partial charge in [-0.2, -0.15) is 0 Å². The van der Waals surface area contributed by atoms with Crippen molar-refractivity contribution in [3.05, 3.63) is 76.7 Å². The molecule has 8 heteroatoms. The van der Waals surface area contributed by atoms with E-state index in [4.69, 9.17) is 15.6 Å². The smallest absolute Gasteiger partial charge is 0.320 e. The summed E-state index contributed by atoms with van der Waals surface area (Å²) in [6.45, 7) is 1.41. The number of carbonyl (C=O) groups is 1. The zero-order chi connectivity index (χ0) is 20.3. The molecule has 1 fully saturated rings. The maximum atomic E-state index is 11.0. The fourth-order valence-corrected chi connectivity index (χ4v) is 5.16. The normalized spacial score (nSPS) is 16.7. The zero-order valence-corrected chi connectivity index (χ0v) is 17.2. The van der Waals surface area contributed by atoms with Gasteiger partial charge in [-0.05, 0) is 48.2 Å². The van der Waals surface area contributed by atoms with Gasteiger partial charge in [0.25, 0.3) is 0 Å². The fourth-order valence-electron chi connectivity index (χ4n) is 3.21. The van der Waals surface area contributed by atoms with Crippen molar-refractivity contribution in [3.63, 3.8) is 0 Å². The maximum Gasteiger partial charge on any atom is 0.320 e. The van der Waals surface area contributed by atoms with Crippen molar-refractivity contribution in [2.45, 2.75) is 23.0 Å². The van der Waals surface area contributed by atoms with Crippen molar-refractivity contribution in [1.82, 2.24) is 9.29 Å². The lowest BCUT2D eigenvalue weighted by Gasteiger charge is -2.47. The van der Waals surface area contributed by atoms with Gasteiger partial charge in [-0.15, -0.1) is 11.3 Å². The summed E-state index contributed by atoms with van der Waals surface area (Å²) >= 11 is 3.24. The molecular formula is C21H21N3O3S2. The second-order valence-electron chi connectivity index (χ2n) is 6.93. The molecule has 1 atom stereocenters. The maximum absolute atomic E-state index is 11.0. The molecule has 0 amide bonds. The largest absolute Gasteiger partial charge is 0.480 e. The molecule has 1 unspecified atom stereocenters. The number of thiazole rings is 1. The highest BCUT2D eigenvalue weighted by atomic mass is 32.2. The van der Waals surface area contributed by atoms with E-state index in [1.54, 1.807) is 29.5 Å². The Morgan fingerprint density at radius 3 is 2.76 bits per heavy atom. The molecule has 1 aliphatic rings. The molecular weight excluding hydrogens is 406 g/mol. The lowest BCUT2D eigenvalue weighted by Crippen LogP contribution is -2.59. The number of aliphatic carboxylic acids is 1. The molecule has 1 aromatic heterocycles. The summed E-state index contributed by atoms with van der Waals surface area (Å²) in [6.07, 6.45) is 2.12. The second-order valence-corrected chi connectivity index (χ2v) is 9.00. The van der Waals surface area contributed by atoms with E-state index in [0.29, 0.717) is 19.5 Å². The summed E-state index contributed by atoms with van der Waals surface area (Å²) in [5, 5.41) is 12.0. The van der Waals surface area contributed by atoms with Crippen molar-refractivity contribution < 1.29 is 14.6 Å². The van der Waals surface area contributed by atoms with Crippen LogP contribution in [0.3, 0.4) is 0 Å². The van der Waals surface area contributed by atoms with Crippen LogP contribution in [-0.2, 0) is 16.8 Å². The highest BCUT2D eigenvalue weighted by Gasteiger charge is 2.49. The Morgan fingerprint density at radius 1 is 1.28 bits per heavy atom. The molecule has 0 saturated carbocycles. The molecule has 3 aromatic rings.